The molecule has 3 rings (SSSR count). The van der Waals surface area contributed by atoms with Gasteiger partial charge in [0.1, 0.15) is 11.8 Å². The Morgan fingerprint density at radius 3 is 2.14 bits per heavy atom. The zero-order valence-corrected chi connectivity index (χ0v) is 17.3. The molecule has 0 radical (unpaired) electrons. The van der Waals surface area contributed by atoms with Gasteiger partial charge in [-0.2, -0.15) is 11.8 Å². The molecule has 1 aliphatic rings. The minimum Gasteiger partial charge on any atom is -0.424 e. The lowest BCUT2D eigenvalue weighted by Crippen LogP contribution is -2.47. The molecule has 0 saturated carbocycles. The zero-order chi connectivity index (χ0) is 20.4. The van der Waals surface area contributed by atoms with Gasteiger partial charge in [-0.1, -0.05) is 24.3 Å². The van der Waals surface area contributed by atoms with Crippen molar-refractivity contribution < 1.29 is 19.1 Å². The number of fused-ring (bicyclic) bond motifs is 1. The molecule has 0 spiro atoms. The van der Waals surface area contributed by atoms with Crippen LogP contribution >= 0.6 is 11.8 Å². The minimum atomic E-state index is -0.959. The topological polar surface area (TPSA) is 63.7 Å². The molecule has 6 heteroatoms. The van der Waals surface area contributed by atoms with Crippen molar-refractivity contribution in [3.05, 3.63) is 64.2 Å². The van der Waals surface area contributed by atoms with E-state index in [-0.39, 0.29) is 0 Å². The quantitative estimate of drug-likeness (QED) is 0.420. The molecule has 0 saturated heterocycles. The maximum Gasteiger partial charge on any atom is 0.334 e. The first-order chi connectivity index (χ1) is 13.4. The van der Waals surface area contributed by atoms with Crippen LogP contribution in [0.15, 0.2) is 36.4 Å². The van der Waals surface area contributed by atoms with Crippen LogP contribution in [0, 0.1) is 20.8 Å². The number of thioether (sulfide) groups is 1. The van der Waals surface area contributed by atoms with Crippen LogP contribution in [-0.2, 0) is 4.79 Å². The molecule has 0 N–H and O–H groups in total. The van der Waals surface area contributed by atoms with E-state index in [9.17, 15) is 14.4 Å². The summed E-state index contributed by atoms with van der Waals surface area (Å²) in [4.78, 5) is 39.8. The number of hydrogen-bond donors (Lipinski definition) is 0. The first-order valence-electron chi connectivity index (χ1n) is 9.11. The van der Waals surface area contributed by atoms with Crippen LogP contribution in [0.25, 0.3) is 0 Å². The van der Waals surface area contributed by atoms with E-state index in [4.69, 9.17) is 4.74 Å². The standard InChI is InChI=1S/C22H23NO4S/c1-13-9-10-14(2)19(15(13)3)27-22(26)18(11-12-28-4)23-20(24)16-7-5-6-8-17(16)21(23)25/h5-10,18H,11-12H2,1-4H3/t18-/m1/s1. The SMILES string of the molecule is CSCC[C@H](C(=O)Oc1c(C)ccc(C)c1C)N1C(=O)c2ccccc2C1=O. The second-order valence-electron chi connectivity index (χ2n) is 6.90. The fraction of sp³-hybridized carbons (Fsp3) is 0.318. The summed E-state index contributed by atoms with van der Waals surface area (Å²) in [5, 5.41) is 0. The summed E-state index contributed by atoms with van der Waals surface area (Å²) in [6, 6.07) is 9.55. The predicted molar refractivity (Wildman–Crippen MR) is 110 cm³/mol. The Labute approximate surface area is 169 Å². The number of carbonyl (C=O) groups is 3. The minimum absolute atomic E-state index is 0.331. The van der Waals surface area contributed by atoms with Crippen molar-refractivity contribution in [1.82, 2.24) is 4.90 Å². The summed E-state index contributed by atoms with van der Waals surface area (Å²) >= 11 is 1.55. The van der Waals surface area contributed by atoms with Gasteiger partial charge < -0.3 is 4.74 Å². The summed E-state index contributed by atoms with van der Waals surface area (Å²) in [6.07, 6.45) is 2.26. The van der Waals surface area contributed by atoms with Crippen LogP contribution in [0.3, 0.4) is 0 Å². The Bertz CT molecular complexity index is 919. The zero-order valence-electron chi connectivity index (χ0n) is 16.4. The van der Waals surface area contributed by atoms with Crippen LogP contribution in [0.5, 0.6) is 5.75 Å². The highest BCUT2D eigenvalue weighted by molar-refractivity contribution is 7.98. The van der Waals surface area contributed by atoms with Gasteiger partial charge in [0, 0.05) is 0 Å². The highest BCUT2D eigenvalue weighted by Crippen LogP contribution is 2.29. The van der Waals surface area contributed by atoms with Gasteiger partial charge in [0.15, 0.2) is 0 Å². The molecule has 0 unspecified atom stereocenters. The molecule has 0 bridgehead atoms. The lowest BCUT2D eigenvalue weighted by molar-refractivity contribution is -0.139. The highest BCUT2D eigenvalue weighted by Gasteiger charge is 2.43. The number of imide groups is 1. The first kappa shape index (κ1) is 20.1. The molecule has 2 aromatic rings. The van der Waals surface area contributed by atoms with E-state index in [2.05, 4.69) is 0 Å². The number of amides is 2. The van der Waals surface area contributed by atoms with E-state index in [1.54, 1.807) is 36.0 Å². The van der Waals surface area contributed by atoms with Gasteiger partial charge in [-0.05, 0) is 68.0 Å². The normalized spacial score (nSPS) is 14.2. The number of ether oxygens (including phenoxy) is 1. The second-order valence-corrected chi connectivity index (χ2v) is 7.88. The molecule has 1 atom stereocenters. The van der Waals surface area contributed by atoms with E-state index in [0.717, 1.165) is 21.6 Å². The van der Waals surface area contributed by atoms with Gasteiger partial charge in [0.25, 0.3) is 11.8 Å². The molecule has 0 aliphatic carbocycles. The van der Waals surface area contributed by atoms with Crippen molar-refractivity contribution in [3.63, 3.8) is 0 Å². The van der Waals surface area contributed by atoms with Crippen LogP contribution in [0.2, 0.25) is 0 Å². The van der Waals surface area contributed by atoms with Crippen LogP contribution in [-0.4, -0.2) is 40.7 Å². The third-order valence-electron chi connectivity index (χ3n) is 5.08. The van der Waals surface area contributed by atoms with Gasteiger partial charge >= 0.3 is 5.97 Å². The van der Waals surface area contributed by atoms with Crippen molar-refractivity contribution in [2.75, 3.05) is 12.0 Å². The monoisotopic (exact) mass is 397 g/mol. The highest BCUT2D eigenvalue weighted by atomic mass is 32.2. The van der Waals surface area contributed by atoms with Crippen molar-refractivity contribution in [1.29, 1.82) is 0 Å². The van der Waals surface area contributed by atoms with E-state index in [1.807, 2.05) is 39.2 Å². The third-order valence-corrected chi connectivity index (χ3v) is 5.72. The second kappa shape index (κ2) is 8.19. The van der Waals surface area contributed by atoms with Gasteiger partial charge in [0.2, 0.25) is 0 Å². The molecule has 1 aliphatic heterocycles. The number of hydrogen-bond acceptors (Lipinski definition) is 5. The molecule has 1 heterocycles. The summed E-state index contributed by atoms with van der Waals surface area (Å²) < 4.78 is 5.73. The Kier molecular flexibility index (Phi) is 5.89. The number of rotatable bonds is 6. The number of nitrogens with zero attached hydrogens (tertiary/aromatic N) is 1. The van der Waals surface area contributed by atoms with Crippen LogP contribution < -0.4 is 4.74 Å². The molecule has 0 fully saturated rings. The lowest BCUT2D eigenvalue weighted by Gasteiger charge is -2.25. The van der Waals surface area contributed by atoms with Gasteiger partial charge in [-0.15, -0.1) is 0 Å². The summed E-state index contributed by atoms with van der Waals surface area (Å²) in [5.41, 5.74) is 3.38. The molecule has 5 nitrogen and oxygen atoms in total. The fourth-order valence-corrected chi connectivity index (χ4v) is 3.78. The van der Waals surface area contributed by atoms with Gasteiger partial charge in [0.05, 0.1) is 11.1 Å². The average molecular weight is 397 g/mol. The molecule has 0 aromatic heterocycles. The summed E-state index contributed by atoms with van der Waals surface area (Å²) in [7, 11) is 0. The first-order valence-corrected chi connectivity index (χ1v) is 10.5. The Morgan fingerprint density at radius 2 is 1.57 bits per heavy atom. The number of benzene rings is 2. The molecular formula is C22H23NO4S. The summed E-state index contributed by atoms with van der Waals surface area (Å²) in [6.45, 7) is 5.71. The molecular weight excluding hydrogens is 374 g/mol. The molecule has 2 aromatic carbocycles. The molecule has 28 heavy (non-hydrogen) atoms. The van der Waals surface area contributed by atoms with E-state index < -0.39 is 23.8 Å². The Balaban J connectivity index is 1.93. The van der Waals surface area contributed by atoms with Gasteiger partial charge in [-0.3, -0.25) is 14.5 Å². The Hall–Kier alpha value is -2.60. The third kappa shape index (κ3) is 3.56. The van der Waals surface area contributed by atoms with E-state index in [0.29, 0.717) is 29.1 Å². The average Bonchev–Trinajstić information content (AvgIpc) is 2.94. The smallest absolute Gasteiger partial charge is 0.334 e. The number of aryl methyl sites for hydroxylation is 2. The number of esters is 1. The largest absolute Gasteiger partial charge is 0.424 e. The van der Waals surface area contributed by atoms with Crippen molar-refractivity contribution >= 4 is 29.5 Å². The Morgan fingerprint density at radius 1 is 1.00 bits per heavy atom. The maximum atomic E-state index is 13.1. The predicted octanol–water partition coefficient (Wildman–Crippen LogP) is 3.94. The number of carbonyl (C=O) groups excluding carboxylic acids is 3. The van der Waals surface area contributed by atoms with Gasteiger partial charge in [-0.25, -0.2) is 4.79 Å². The maximum absolute atomic E-state index is 13.1. The fourth-order valence-electron chi connectivity index (χ4n) is 3.32. The van der Waals surface area contributed by atoms with Crippen molar-refractivity contribution in [2.45, 2.75) is 33.2 Å². The molecule has 2 amide bonds. The molecule has 146 valence electrons. The van der Waals surface area contributed by atoms with E-state index in [1.165, 1.54) is 0 Å². The lowest BCUT2D eigenvalue weighted by atomic mass is 10.1. The summed E-state index contributed by atoms with van der Waals surface area (Å²) in [5.74, 6) is -0.349. The van der Waals surface area contributed by atoms with E-state index >= 15 is 0 Å². The van der Waals surface area contributed by atoms with Crippen LogP contribution in [0.1, 0.15) is 43.8 Å². The van der Waals surface area contributed by atoms with Crippen molar-refractivity contribution in [3.8, 4) is 5.75 Å². The van der Waals surface area contributed by atoms with Crippen LogP contribution in [0.4, 0.5) is 0 Å². The van der Waals surface area contributed by atoms with Crippen molar-refractivity contribution in [2.24, 2.45) is 0 Å².